The lowest BCUT2D eigenvalue weighted by molar-refractivity contribution is -0.332. The van der Waals surface area contributed by atoms with Crippen LogP contribution in [0.5, 0.6) is 0 Å². The van der Waals surface area contributed by atoms with Crippen molar-refractivity contribution < 1.29 is 69.0 Å². The number of allylic oxidation sites excluding steroid dienone is 16. The number of esters is 1. The van der Waals surface area contributed by atoms with Crippen LogP contribution < -0.4 is 0 Å². The summed E-state index contributed by atoms with van der Waals surface area (Å²) in [6.07, 6.45) is 43.2. The van der Waals surface area contributed by atoms with Gasteiger partial charge in [-0.05, 0) is 96.3 Å². The van der Waals surface area contributed by atoms with Crippen LogP contribution in [-0.4, -0.2) is 142 Å². The van der Waals surface area contributed by atoms with E-state index in [1.807, 2.05) is 0 Å². The average Bonchev–Trinajstić information content (AvgIpc) is 3.39. The Kier molecular flexibility index (Phi) is 40.8. The molecule has 0 aromatic carbocycles. The normalized spacial score (nSPS) is 25.7. The Balaban J connectivity index is 1.75. The number of carbonyl (C=O) groups excluding carboxylic acids is 1. The number of unbranched alkanes of at least 4 members (excludes halogenated alkanes) is 13. The molecular weight excluding hydrogens is 933 g/mol. The van der Waals surface area contributed by atoms with Crippen LogP contribution >= 0.6 is 0 Å². The van der Waals surface area contributed by atoms with Crippen LogP contribution in [-0.2, 0) is 33.2 Å². The van der Waals surface area contributed by atoms with Crippen molar-refractivity contribution in [3.63, 3.8) is 0 Å². The van der Waals surface area contributed by atoms with Gasteiger partial charge in [0, 0.05) is 13.0 Å². The van der Waals surface area contributed by atoms with Gasteiger partial charge < -0.3 is 64.2 Å². The fourth-order valence-corrected chi connectivity index (χ4v) is 8.08. The predicted molar refractivity (Wildman–Crippen MR) is 288 cm³/mol. The minimum atomic E-state index is -1.72. The molecule has 7 N–H and O–H groups in total. The topological polar surface area (TPSA) is 214 Å². The fourth-order valence-electron chi connectivity index (χ4n) is 8.08. The van der Waals surface area contributed by atoms with Gasteiger partial charge in [-0.1, -0.05) is 162 Å². The second-order valence-corrected chi connectivity index (χ2v) is 19.0. The first kappa shape index (κ1) is 66.0. The Bertz CT molecular complexity index is 1570. The highest BCUT2D eigenvalue weighted by Crippen LogP contribution is 2.26. The number of hydrogen-bond acceptors (Lipinski definition) is 14. The quantitative estimate of drug-likeness (QED) is 0.0172. The molecule has 11 unspecified atom stereocenters. The molecule has 0 amide bonds. The zero-order valence-corrected chi connectivity index (χ0v) is 44.6. The van der Waals surface area contributed by atoms with Crippen LogP contribution in [0.25, 0.3) is 0 Å². The lowest BCUT2D eigenvalue weighted by atomic mass is 9.98. The van der Waals surface area contributed by atoms with Crippen molar-refractivity contribution in [1.82, 2.24) is 0 Å². The SMILES string of the molecule is CC/C=C\C/C=C\C/C=C\C/C=C\C/C=C\C/C=C\C/C=C\CCCCCC(=O)OC(COCCCCCCCC/C=C\CCCCCC)COC1OC(COC2OC(CO)C(O)C(O)C2O)C(O)C(O)C1O. The van der Waals surface area contributed by atoms with E-state index in [4.69, 9.17) is 28.4 Å². The minimum Gasteiger partial charge on any atom is -0.457 e. The molecule has 14 heteroatoms. The maximum Gasteiger partial charge on any atom is 0.306 e. The van der Waals surface area contributed by atoms with Gasteiger partial charge >= 0.3 is 5.97 Å². The Morgan fingerprint density at radius 2 is 0.890 bits per heavy atom. The molecule has 11 atom stereocenters. The number of aliphatic hydroxyl groups excluding tert-OH is 7. The first-order valence-electron chi connectivity index (χ1n) is 27.8. The number of carbonyl (C=O) groups is 1. The molecule has 418 valence electrons. The Morgan fingerprint density at radius 1 is 0.466 bits per heavy atom. The van der Waals surface area contributed by atoms with Gasteiger partial charge in [0.2, 0.25) is 0 Å². The smallest absolute Gasteiger partial charge is 0.306 e. The molecule has 0 bridgehead atoms. The number of rotatable bonds is 43. The van der Waals surface area contributed by atoms with Gasteiger partial charge in [-0.25, -0.2) is 0 Å². The van der Waals surface area contributed by atoms with Gasteiger partial charge in [0.1, 0.15) is 54.9 Å². The highest BCUT2D eigenvalue weighted by molar-refractivity contribution is 5.69. The summed E-state index contributed by atoms with van der Waals surface area (Å²) in [6.45, 7) is 3.48. The molecule has 73 heavy (non-hydrogen) atoms. The summed E-state index contributed by atoms with van der Waals surface area (Å²) in [7, 11) is 0. The molecule has 0 spiro atoms. The van der Waals surface area contributed by atoms with Crippen LogP contribution in [0.2, 0.25) is 0 Å². The Hall–Kier alpha value is -3.09. The van der Waals surface area contributed by atoms with Gasteiger partial charge in [0.15, 0.2) is 12.6 Å². The monoisotopic (exact) mass is 1030 g/mol. The average molecular weight is 1030 g/mol. The zero-order valence-electron chi connectivity index (χ0n) is 44.6. The van der Waals surface area contributed by atoms with Crippen molar-refractivity contribution in [1.29, 1.82) is 0 Å². The lowest BCUT2D eigenvalue weighted by Gasteiger charge is -2.42. The summed E-state index contributed by atoms with van der Waals surface area (Å²) < 4.78 is 34.3. The number of aliphatic hydroxyl groups is 7. The first-order valence-corrected chi connectivity index (χ1v) is 27.8. The van der Waals surface area contributed by atoms with E-state index in [1.165, 1.54) is 44.9 Å². The van der Waals surface area contributed by atoms with Crippen LogP contribution in [0.3, 0.4) is 0 Å². The lowest BCUT2D eigenvalue weighted by Crippen LogP contribution is -2.61. The predicted octanol–water partition coefficient (Wildman–Crippen LogP) is 9.41. The molecule has 2 aliphatic heterocycles. The van der Waals surface area contributed by atoms with Crippen molar-refractivity contribution in [3.05, 3.63) is 97.2 Å². The maximum absolute atomic E-state index is 13.0. The van der Waals surface area contributed by atoms with Gasteiger partial charge in [-0.3, -0.25) is 4.79 Å². The van der Waals surface area contributed by atoms with E-state index in [9.17, 15) is 40.5 Å². The van der Waals surface area contributed by atoms with Crippen molar-refractivity contribution in [3.8, 4) is 0 Å². The van der Waals surface area contributed by atoms with Gasteiger partial charge in [-0.2, -0.15) is 0 Å². The Morgan fingerprint density at radius 3 is 1.41 bits per heavy atom. The van der Waals surface area contributed by atoms with Crippen LogP contribution in [0.15, 0.2) is 97.2 Å². The second kappa shape index (κ2) is 45.1. The van der Waals surface area contributed by atoms with Crippen molar-refractivity contribution in [2.75, 3.05) is 33.0 Å². The van der Waals surface area contributed by atoms with Gasteiger partial charge in [0.05, 0.1) is 26.4 Å². The van der Waals surface area contributed by atoms with Crippen LogP contribution in [0, 0.1) is 0 Å². The maximum atomic E-state index is 13.0. The van der Waals surface area contributed by atoms with E-state index in [2.05, 4.69) is 111 Å². The van der Waals surface area contributed by atoms with E-state index in [-0.39, 0.29) is 19.6 Å². The van der Waals surface area contributed by atoms with Gasteiger partial charge in [-0.15, -0.1) is 0 Å². The molecule has 2 fully saturated rings. The summed E-state index contributed by atoms with van der Waals surface area (Å²) in [4.78, 5) is 13.0. The molecule has 0 aromatic heterocycles. The van der Waals surface area contributed by atoms with Crippen LogP contribution in [0.4, 0.5) is 0 Å². The molecule has 2 rings (SSSR count). The molecule has 2 heterocycles. The first-order chi connectivity index (χ1) is 35.6. The van der Waals surface area contributed by atoms with Gasteiger partial charge in [0.25, 0.3) is 0 Å². The third-order valence-corrected chi connectivity index (χ3v) is 12.6. The number of ether oxygens (including phenoxy) is 6. The molecule has 0 aromatic rings. The van der Waals surface area contributed by atoms with E-state index in [1.54, 1.807) is 0 Å². The molecular formula is C59H98O14. The zero-order chi connectivity index (χ0) is 53.0. The molecule has 2 aliphatic rings. The van der Waals surface area contributed by atoms with E-state index in [0.29, 0.717) is 13.0 Å². The third kappa shape index (κ3) is 32.2. The van der Waals surface area contributed by atoms with Crippen molar-refractivity contribution in [2.45, 2.75) is 235 Å². The second-order valence-electron chi connectivity index (χ2n) is 19.0. The molecule has 0 saturated carbocycles. The third-order valence-electron chi connectivity index (χ3n) is 12.6. The highest BCUT2D eigenvalue weighted by Gasteiger charge is 2.47. The summed E-state index contributed by atoms with van der Waals surface area (Å²) in [5.74, 6) is -0.414. The fraction of sp³-hybridized carbons (Fsp3) is 0.712. The van der Waals surface area contributed by atoms with Crippen molar-refractivity contribution in [2.24, 2.45) is 0 Å². The summed E-state index contributed by atoms with van der Waals surface area (Å²) in [5, 5.41) is 72.2. The summed E-state index contributed by atoms with van der Waals surface area (Å²) in [6, 6.07) is 0. The largest absolute Gasteiger partial charge is 0.457 e. The molecule has 0 radical (unpaired) electrons. The highest BCUT2D eigenvalue weighted by atomic mass is 16.7. The van der Waals surface area contributed by atoms with E-state index in [0.717, 1.165) is 96.3 Å². The molecule has 14 nitrogen and oxygen atoms in total. The molecule has 0 aliphatic carbocycles. The van der Waals surface area contributed by atoms with Crippen LogP contribution in [0.1, 0.15) is 168 Å². The summed E-state index contributed by atoms with van der Waals surface area (Å²) >= 11 is 0. The molecule has 2 saturated heterocycles. The number of hydrogen-bond donors (Lipinski definition) is 7. The van der Waals surface area contributed by atoms with E-state index < -0.39 is 86.7 Å². The minimum absolute atomic E-state index is 0.0374. The summed E-state index contributed by atoms with van der Waals surface area (Å²) in [5.41, 5.74) is 0. The standard InChI is InChI=1S/C59H98O14/c1-3-5-7-9-11-13-15-17-19-20-21-22-23-24-25-26-27-28-29-30-32-34-36-38-40-42-51(61)71-48(45-68-43-41-39-37-35-33-31-18-16-14-12-10-8-6-4-2)46-69-58-57(67)55(65)53(63)50(73-58)47-70-59-56(66)54(64)52(62)49(44-60)72-59/h5,7,11,13-14,16-17,19,21-22,24-25,27-28,30,32,48-50,52-60,62-67H,3-4,6,8-10,12,15,18,20,23,26,29,31,33-47H2,1-2H3/b7-5-,13-11-,16-14-,19-17-,22-21-,25-24-,28-27-,32-30-. The van der Waals surface area contributed by atoms with E-state index >= 15 is 0 Å². The van der Waals surface area contributed by atoms with Crippen molar-refractivity contribution >= 4 is 5.97 Å². The Labute approximate surface area is 439 Å².